The summed E-state index contributed by atoms with van der Waals surface area (Å²) in [4.78, 5) is 11.6. The van der Waals surface area contributed by atoms with Crippen LogP contribution in [0, 0.1) is 0 Å². The van der Waals surface area contributed by atoms with Gasteiger partial charge in [0.05, 0.1) is 13.1 Å². The molecule has 0 atom stereocenters. The van der Waals surface area contributed by atoms with Gasteiger partial charge < -0.3 is 4.74 Å². The molecule has 1 N–H and O–H groups in total. The van der Waals surface area contributed by atoms with Crippen LogP contribution in [0.2, 0.25) is 0 Å². The van der Waals surface area contributed by atoms with Crippen molar-refractivity contribution >= 4 is 26.0 Å². The summed E-state index contributed by atoms with van der Waals surface area (Å²) in [5, 5.41) is -5.33. The molecule has 162 valence electrons. The molecule has 0 aliphatic heterocycles. The van der Waals surface area contributed by atoms with E-state index in [9.17, 15) is 56.8 Å². The molecule has 0 aromatic carbocycles. The van der Waals surface area contributed by atoms with Gasteiger partial charge in [0.2, 0.25) is 0 Å². The molecule has 0 heterocycles. The number of rotatable bonds is 9. The molecule has 0 saturated carbocycles. The van der Waals surface area contributed by atoms with E-state index in [-0.39, 0.29) is 10.7 Å². The van der Waals surface area contributed by atoms with Crippen LogP contribution < -0.4 is 4.13 Å². The number of carbonyl (C=O) groups excluding carboxylic acids is 1. The average Bonchev–Trinajstić information content (AvgIpc) is 2.40. The minimum absolute atomic E-state index is 0.261. The lowest BCUT2D eigenvalue weighted by Gasteiger charge is -2.22. The van der Waals surface area contributed by atoms with Crippen LogP contribution in [0.25, 0.3) is 0 Å². The average molecular weight is 460 g/mol. The van der Waals surface area contributed by atoms with E-state index < -0.39 is 62.7 Å². The number of ether oxygens (including phenoxy) is 1. The van der Waals surface area contributed by atoms with Gasteiger partial charge in [-0.1, -0.05) is 11.1 Å². The fraction of sp³-hybridized carbons (Fsp3) is 0.889. The third kappa shape index (κ3) is 8.09. The maximum atomic E-state index is 13.4. The summed E-state index contributed by atoms with van der Waals surface area (Å²) in [5.74, 6) is -1.75. The number of alkyl halides is 8. The van der Waals surface area contributed by atoms with Crippen molar-refractivity contribution in [1.82, 2.24) is 9.03 Å². The molecule has 0 unspecified atom stereocenters. The first kappa shape index (κ1) is 25.7. The van der Waals surface area contributed by atoms with E-state index in [1.165, 1.54) is 6.92 Å². The maximum Gasteiger partial charge on any atom is 0.512 e. The fourth-order valence-electron chi connectivity index (χ4n) is 1.26. The zero-order chi connectivity index (χ0) is 21.9. The summed E-state index contributed by atoms with van der Waals surface area (Å²) in [5.41, 5.74) is -6.23. The predicted octanol–water partition coefficient (Wildman–Crippen LogP) is 0.776. The topological polar surface area (TPSA) is 110 Å². The Balaban J connectivity index is 5.04. The van der Waals surface area contributed by atoms with E-state index in [0.717, 1.165) is 0 Å². The largest absolute Gasteiger partial charge is 0.512 e. The van der Waals surface area contributed by atoms with Gasteiger partial charge in [-0.3, -0.25) is 9.69 Å². The summed E-state index contributed by atoms with van der Waals surface area (Å²) < 4.78 is 146. The van der Waals surface area contributed by atoms with E-state index in [1.54, 1.807) is 0 Å². The molecule has 0 aliphatic carbocycles. The molecule has 18 heteroatoms. The van der Waals surface area contributed by atoms with E-state index in [4.69, 9.17) is 0 Å². The molecule has 0 saturated heterocycles. The Bertz CT molecular complexity index is 730. The zero-order valence-electron chi connectivity index (χ0n) is 13.1. The maximum absolute atomic E-state index is 13.4. The molecular weight excluding hydrogens is 448 g/mol. The van der Waals surface area contributed by atoms with Crippen molar-refractivity contribution in [2.75, 3.05) is 26.2 Å². The summed E-state index contributed by atoms with van der Waals surface area (Å²) >= 11 is 0. The molecule has 0 rings (SSSR count). The first-order valence-electron chi connectivity index (χ1n) is 6.41. The van der Waals surface area contributed by atoms with Gasteiger partial charge in [0.1, 0.15) is 0 Å². The molecule has 0 bridgehead atoms. The van der Waals surface area contributed by atoms with Gasteiger partial charge in [-0.15, -0.1) is 0 Å². The number of sulfonamides is 2. The minimum atomic E-state index is -6.71. The molecule has 0 aromatic heterocycles. The van der Waals surface area contributed by atoms with Crippen molar-refractivity contribution in [3.8, 4) is 0 Å². The summed E-state index contributed by atoms with van der Waals surface area (Å²) in [7, 11) is -13.2. The third-order valence-corrected chi connectivity index (χ3v) is 5.79. The van der Waals surface area contributed by atoms with E-state index >= 15 is 0 Å². The molecule has 8 nitrogen and oxygen atoms in total. The second-order valence-electron chi connectivity index (χ2n) is 4.75. The number of nitrogens with one attached hydrogen (secondary N) is 1. The molecular formula is C9H12F8N2O6S2. The van der Waals surface area contributed by atoms with Crippen LogP contribution in [-0.2, 0) is 29.6 Å². The SMILES string of the molecule is CCN(CC(=O)OCC(F)(F)S(=O)(=O)NS(=O)(=O)C(F)(F)F)CC(F)(F)F. The normalized spacial score (nSPS) is 14.4. The summed E-state index contributed by atoms with van der Waals surface area (Å²) in [6.07, 6.45) is -4.75. The quantitative estimate of drug-likeness (QED) is 0.400. The molecule has 0 spiro atoms. The smallest absolute Gasteiger partial charge is 0.457 e. The molecule has 0 aromatic rings. The molecule has 27 heavy (non-hydrogen) atoms. The van der Waals surface area contributed by atoms with Crippen LogP contribution in [-0.4, -0.2) is 70.9 Å². The Labute approximate surface area is 147 Å². The number of likely N-dealkylation sites (N-methyl/N-ethyl adjacent to an activating group) is 1. The fourth-order valence-corrected chi connectivity index (χ4v) is 3.49. The standard InChI is InChI=1S/C9H12F8N2O6S2/c1-2-19(4-7(10,11)12)3-6(20)25-5-8(13,14)26(21,22)18-27(23,24)9(15,16)17/h18H,2-5H2,1H3. The van der Waals surface area contributed by atoms with Crippen LogP contribution in [0.4, 0.5) is 35.1 Å². The number of carbonyl (C=O) groups is 1. The Morgan fingerprint density at radius 2 is 1.44 bits per heavy atom. The van der Waals surface area contributed by atoms with Crippen LogP contribution >= 0.6 is 0 Å². The van der Waals surface area contributed by atoms with E-state index in [2.05, 4.69) is 4.74 Å². The third-order valence-electron chi connectivity index (χ3n) is 2.52. The lowest BCUT2D eigenvalue weighted by molar-refractivity contribution is -0.160. The summed E-state index contributed by atoms with van der Waals surface area (Å²) in [6, 6.07) is 0. The number of hydrogen-bond acceptors (Lipinski definition) is 7. The van der Waals surface area contributed by atoms with E-state index in [0.29, 0.717) is 4.90 Å². The Morgan fingerprint density at radius 3 is 1.81 bits per heavy atom. The van der Waals surface area contributed by atoms with Crippen molar-refractivity contribution < 1.29 is 61.5 Å². The Hall–Kier alpha value is -1.27. The lowest BCUT2D eigenvalue weighted by Crippen LogP contribution is -2.49. The van der Waals surface area contributed by atoms with Crippen molar-refractivity contribution in [2.45, 2.75) is 23.9 Å². The van der Waals surface area contributed by atoms with Crippen molar-refractivity contribution in [3.63, 3.8) is 0 Å². The Kier molecular flexibility index (Phi) is 8.00. The molecule has 0 fully saturated rings. The second kappa shape index (κ2) is 8.39. The molecule has 0 radical (unpaired) electrons. The van der Waals surface area contributed by atoms with Crippen LogP contribution in [0.15, 0.2) is 0 Å². The van der Waals surface area contributed by atoms with Gasteiger partial charge in [-0.2, -0.15) is 35.1 Å². The Morgan fingerprint density at radius 1 is 0.963 bits per heavy atom. The van der Waals surface area contributed by atoms with Gasteiger partial charge in [0.25, 0.3) is 10.0 Å². The van der Waals surface area contributed by atoms with Crippen LogP contribution in [0.3, 0.4) is 0 Å². The van der Waals surface area contributed by atoms with Crippen LogP contribution in [0.1, 0.15) is 6.92 Å². The second-order valence-corrected chi connectivity index (χ2v) is 8.49. The highest BCUT2D eigenvalue weighted by Gasteiger charge is 2.55. The highest BCUT2D eigenvalue weighted by molar-refractivity contribution is 8.05. The van der Waals surface area contributed by atoms with E-state index in [1.807, 2.05) is 0 Å². The number of hydrogen-bond donors (Lipinski definition) is 1. The zero-order valence-corrected chi connectivity index (χ0v) is 14.7. The van der Waals surface area contributed by atoms with Gasteiger partial charge in [-0.25, -0.2) is 16.8 Å². The highest BCUT2D eigenvalue weighted by Crippen LogP contribution is 2.27. The van der Waals surface area contributed by atoms with Crippen molar-refractivity contribution in [3.05, 3.63) is 0 Å². The van der Waals surface area contributed by atoms with Gasteiger partial charge >= 0.3 is 32.9 Å². The van der Waals surface area contributed by atoms with Crippen molar-refractivity contribution in [2.24, 2.45) is 0 Å². The number of nitrogens with zero attached hydrogens (tertiary/aromatic N) is 1. The van der Waals surface area contributed by atoms with Gasteiger partial charge in [0, 0.05) is 0 Å². The van der Waals surface area contributed by atoms with Gasteiger partial charge in [0.15, 0.2) is 6.61 Å². The van der Waals surface area contributed by atoms with Gasteiger partial charge in [-0.05, 0) is 6.54 Å². The number of esters is 1. The monoisotopic (exact) mass is 460 g/mol. The minimum Gasteiger partial charge on any atom is -0.457 e. The summed E-state index contributed by atoms with van der Waals surface area (Å²) in [6.45, 7) is -4.46. The predicted molar refractivity (Wildman–Crippen MR) is 71.1 cm³/mol. The number of halogens is 8. The van der Waals surface area contributed by atoms with Crippen molar-refractivity contribution in [1.29, 1.82) is 0 Å². The molecule has 0 aliphatic rings. The first-order valence-corrected chi connectivity index (χ1v) is 9.37. The van der Waals surface area contributed by atoms with Crippen LogP contribution in [0.5, 0.6) is 0 Å². The highest BCUT2D eigenvalue weighted by atomic mass is 32.3. The lowest BCUT2D eigenvalue weighted by atomic mass is 10.4. The first-order chi connectivity index (χ1) is 11.7. The molecule has 0 amide bonds.